The number of carboxylic acids is 1. The molecule has 0 saturated heterocycles. The van der Waals surface area contributed by atoms with E-state index in [2.05, 4.69) is 6.58 Å². The lowest BCUT2D eigenvalue weighted by molar-refractivity contribution is -0.117. The first-order valence-corrected chi connectivity index (χ1v) is 5.41. The number of amides is 1. The Kier molecular flexibility index (Phi) is 2.95. The standard InChI is InChI=1S/C13H13NO3/c1-2-3-6-14-11-7-10(13(16)17)5-4-9(11)8-12(14)15/h2,4-5,7H,1,3,6,8H2,(H,16,17). The fourth-order valence-corrected chi connectivity index (χ4v) is 1.96. The first-order valence-electron chi connectivity index (χ1n) is 5.41. The van der Waals surface area contributed by atoms with Gasteiger partial charge in [0.1, 0.15) is 0 Å². The second-order valence-corrected chi connectivity index (χ2v) is 3.95. The Morgan fingerprint density at radius 3 is 2.94 bits per heavy atom. The number of aromatic carboxylic acids is 1. The monoisotopic (exact) mass is 231 g/mol. The van der Waals surface area contributed by atoms with Crippen molar-refractivity contribution in [2.75, 3.05) is 11.4 Å². The van der Waals surface area contributed by atoms with Crippen LogP contribution < -0.4 is 4.90 Å². The number of carbonyl (C=O) groups is 2. The van der Waals surface area contributed by atoms with Crippen LogP contribution in [0.2, 0.25) is 0 Å². The highest BCUT2D eigenvalue weighted by Crippen LogP contribution is 2.30. The van der Waals surface area contributed by atoms with Gasteiger partial charge in [-0.3, -0.25) is 4.79 Å². The van der Waals surface area contributed by atoms with Crippen molar-refractivity contribution in [3.05, 3.63) is 42.0 Å². The third kappa shape index (κ3) is 2.06. The van der Waals surface area contributed by atoms with E-state index in [1.54, 1.807) is 23.1 Å². The average Bonchev–Trinajstić information content (AvgIpc) is 2.61. The highest BCUT2D eigenvalue weighted by atomic mass is 16.4. The number of hydrogen-bond acceptors (Lipinski definition) is 2. The molecule has 0 spiro atoms. The fourth-order valence-electron chi connectivity index (χ4n) is 1.96. The van der Waals surface area contributed by atoms with E-state index in [0.717, 1.165) is 11.3 Å². The van der Waals surface area contributed by atoms with Crippen LogP contribution in [0.3, 0.4) is 0 Å². The molecule has 0 unspecified atom stereocenters. The van der Waals surface area contributed by atoms with Crippen LogP contribution in [-0.2, 0) is 11.2 Å². The SMILES string of the molecule is C=CCCN1C(=O)Cc2ccc(C(=O)O)cc21. The van der Waals surface area contributed by atoms with Crippen LogP contribution in [-0.4, -0.2) is 23.5 Å². The number of benzene rings is 1. The van der Waals surface area contributed by atoms with E-state index in [4.69, 9.17) is 5.11 Å². The van der Waals surface area contributed by atoms with Crippen LogP contribution in [0.5, 0.6) is 0 Å². The van der Waals surface area contributed by atoms with Crippen molar-refractivity contribution >= 4 is 17.6 Å². The van der Waals surface area contributed by atoms with Crippen LogP contribution in [0.15, 0.2) is 30.9 Å². The van der Waals surface area contributed by atoms with Crippen molar-refractivity contribution in [2.24, 2.45) is 0 Å². The van der Waals surface area contributed by atoms with Gasteiger partial charge in [0.05, 0.1) is 12.0 Å². The summed E-state index contributed by atoms with van der Waals surface area (Å²) in [6, 6.07) is 4.81. The number of fused-ring (bicyclic) bond motifs is 1. The molecule has 0 aromatic heterocycles. The van der Waals surface area contributed by atoms with Crippen molar-refractivity contribution in [1.82, 2.24) is 0 Å². The first-order chi connectivity index (χ1) is 8.13. The highest BCUT2D eigenvalue weighted by molar-refractivity contribution is 6.03. The predicted molar refractivity (Wildman–Crippen MR) is 64.3 cm³/mol. The molecule has 1 aromatic rings. The largest absolute Gasteiger partial charge is 0.478 e. The van der Waals surface area contributed by atoms with Crippen molar-refractivity contribution in [3.8, 4) is 0 Å². The van der Waals surface area contributed by atoms with Crippen molar-refractivity contribution < 1.29 is 14.7 Å². The zero-order chi connectivity index (χ0) is 12.4. The van der Waals surface area contributed by atoms with Crippen LogP contribution in [0.1, 0.15) is 22.3 Å². The van der Waals surface area contributed by atoms with Gasteiger partial charge in [-0.05, 0) is 24.1 Å². The van der Waals surface area contributed by atoms with Crippen molar-refractivity contribution in [2.45, 2.75) is 12.8 Å². The maximum Gasteiger partial charge on any atom is 0.335 e. The predicted octanol–water partition coefficient (Wildman–Crippen LogP) is 1.85. The molecule has 4 heteroatoms. The minimum atomic E-state index is -0.976. The second kappa shape index (κ2) is 4.41. The summed E-state index contributed by atoms with van der Waals surface area (Å²) < 4.78 is 0. The van der Waals surface area contributed by atoms with Crippen molar-refractivity contribution in [1.29, 1.82) is 0 Å². The smallest absolute Gasteiger partial charge is 0.335 e. The summed E-state index contributed by atoms with van der Waals surface area (Å²) in [6.45, 7) is 4.17. The summed E-state index contributed by atoms with van der Waals surface area (Å²) in [5.74, 6) is -0.958. The Balaban J connectivity index is 2.35. The number of carboxylic acid groups (broad SMARTS) is 1. The summed E-state index contributed by atoms with van der Waals surface area (Å²) in [5.41, 5.74) is 1.82. The number of anilines is 1. The number of nitrogens with zero attached hydrogens (tertiary/aromatic N) is 1. The van der Waals surface area contributed by atoms with Gasteiger partial charge in [-0.1, -0.05) is 12.1 Å². The molecule has 4 nitrogen and oxygen atoms in total. The summed E-state index contributed by atoms with van der Waals surface area (Å²) in [7, 11) is 0. The van der Waals surface area contributed by atoms with Gasteiger partial charge in [0.25, 0.3) is 0 Å². The molecule has 1 N–H and O–H groups in total. The van der Waals surface area contributed by atoms with E-state index in [1.807, 2.05) is 0 Å². The summed E-state index contributed by atoms with van der Waals surface area (Å²) >= 11 is 0. The molecule has 1 aliphatic heterocycles. The minimum Gasteiger partial charge on any atom is -0.478 e. The molecule has 0 atom stereocenters. The Hall–Kier alpha value is -2.10. The molecular weight excluding hydrogens is 218 g/mol. The molecule has 1 aromatic carbocycles. The van der Waals surface area contributed by atoms with Gasteiger partial charge in [0, 0.05) is 12.2 Å². The summed E-state index contributed by atoms with van der Waals surface area (Å²) in [5, 5.41) is 8.92. The quantitative estimate of drug-likeness (QED) is 0.804. The van der Waals surface area contributed by atoms with Gasteiger partial charge in [0.2, 0.25) is 5.91 Å². The molecule has 0 radical (unpaired) electrons. The molecule has 1 aliphatic rings. The van der Waals surface area contributed by atoms with E-state index in [1.165, 1.54) is 6.07 Å². The maximum absolute atomic E-state index is 11.8. The number of hydrogen-bond donors (Lipinski definition) is 1. The third-order valence-electron chi connectivity index (χ3n) is 2.82. The molecule has 88 valence electrons. The lowest BCUT2D eigenvalue weighted by Crippen LogP contribution is -2.27. The fraction of sp³-hybridized carbons (Fsp3) is 0.231. The van der Waals surface area contributed by atoms with Gasteiger partial charge in [-0.25, -0.2) is 4.79 Å². The first kappa shape index (κ1) is 11.4. The second-order valence-electron chi connectivity index (χ2n) is 3.95. The lowest BCUT2D eigenvalue weighted by atomic mass is 10.1. The van der Waals surface area contributed by atoms with Crippen LogP contribution in [0, 0.1) is 0 Å². The zero-order valence-electron chi connectivity index (χ0n) is 9.35. The average molecular weight is 231 g/mol. The minimum absolute atomic E-state index is 0.0180. The molecule has 0 bridgehead atoms. The summed E-state index contributed by atoms with van der Waals surface area (Å²) in [6.07, 6.45) is 2.79. The van der Waals surface area contributed by atoms with E-state index in [9.17, 15) is 9.59 Å². The molecule has 0 saturated carbocycles. The van der Waals surface area contributed by atoms with E-state index in [-0.39, 0.29) is 11.5 Å². The van der Waals surface area contributed by atoms with E-state index < -0.39 is 5.97 Å². The van der Waals surface area contributed by atoms with Gasteiger partial charge < -0.3 is 10.0 Å². The molecule has 1 heterocycles. The van der Waals surface area contributed by atoms with Gasteiger partial charge in [-0.2, -0.15) is 0 Å². The van der Waals surface area contributed by atoms with E-state index in [0.29, 0.717) is 19.4 Å². The molecular formula is C13H13NO3. The highest BCUT2D eigenvalue weighted by Gasteiger charge is 2.27. The molecule has 0 fully saturated rings. The van der Waals surface area contributed by atoms with Crippen LogP contribution >= 0.6 is 0 Å². The summed E-state index contributed by atoms with van der Waals surface area (Å²) in [4.78, 5) is 24.3. The van der Waals surface area contributed by atoms with Crippen LogP contribution in [0.4, 0.5) is 5.69 Å². The van der Waals surface area contributed by atoms with Gasteiger partial charge >= 0.3 is 5.97 Å². The molecule has 2 rings (SSSR count). The maximum atomic E-state index is 11.8. The van der Waals surface area contributed by atoms with Crippen molar-refractivity contribution in [3.63, 3.8) is 0 Å². The number of carbonyl (C=O) groups excluding carboxylic acids is 1. The Morgan fingerprint density at radius 1 is 1.53 bits per heavy atom. The Bertz CT molecular complexity index is 493. The topological polar surface area (TPSA) is 57.6 Å². The zero-order valence-corrected chi connectivity index (χ0v) is 9.35. The molecule has 0 aliphatic carbocycles. The van der Waals surface area contributed by atoms with Crippen LogP contribution in [0.25, 0.3) is 0 Å². The Labute approximate surface area is 99.2 Å². The third-order valence-corrected chi connectivity index (χ3v) is 2.82. The number of rotatable bonds is 4. The van der Waals surface area contributed by atoms with Gasteiger partial charge in [-0.15, -0.1) is 6.58 Å². The Morgan fingerprint density at radius 2 is 2.29 bits per heavy atom. The lowest BCUT2D eigenvalue weighted by Gasteiger charge is -2.16. The normalized spacial score (nSPS) is 13.6. The molecule has 1 amide bonds. The molecule has 17 heavy (non-hydrogen) atoms. The van der Waals surface area contributed by atoms with Gasteiger partial charge in [0.15, 0.2) is 0 Å². The van der Waals surface area contributed by atoms with E-state index >= 15 is 0 Å².